The Bertz CT molecular complexity index is 781. The van der Waals surface area contributed by atoms with E-state index in [1.54, 1.807) is 31.3 Å². The van der Waals surface area contributed by atoms with Gasteiger partial charge in [0.2, 0.25) is 0 Å². The number of pyridine rings is 1. The zero-order valence-electron chi connectivity index (χ0n) is 13.6. The average molecular weight is 316 g/mol. The second kappa shape index (κ2) is 7.22. The molecule has 122 valence electrons. The minimum atomic E-state index is -0.387. The molecule has 0 saturated carbocycles. The number of amides is 1. The van der Waals surface area contributed by atoms with Crippen molar-refractivity contribution in [2.75, 3.05) is 6.54 Å². The average Bonchev–Trinajstić information content (AvgIpc) is 2.54. The Morgan fingerprint density at radius 3 is 2.65 bits per heavy atom. The summed E-state index contributed by atoms with van der Waals surface area (Å²) in [5, 5.41) is 2.73. The number of hydrogen-bond acceptors (Lipinski definition) is 2. The van der Waals surface area contributed by atoms with Crippen LogP contribution in [0.3, 0.4) is 0 Å². The van der Waals surface area contributed by atoms with E-state index >= 15 is 0 Å². The zero-order chi connectivity index (χ0) is 17.0. The van der Waals surface area contributed by atoms with Crippen LogP contribution in [0.4, 0.5) is 4.39 Å². The first-order chi connectivity index (χ1) is 10.9. The van der Waals surface area contributed by atoms with E-state index in [1.807, 2.05) is 13.8 Å². The van der Waals surface area contributed by atoms with Crippen LogP contribution in [-0.2, 0) is 13.5 Å². The number of nitrogens with zero attached hydrogens (tertiary/aromatic N) is 1. The number of carbonyl (C=O) groups is 1. The van der Waals surface area contributed by atoms with E-state index in [9.17, 15) is 14.0 Å². The predicted octanol–water partition coefficient (Wildman–Crippen LogP) is 2.50. The first-order valence-electron chi connectivity index (χ1n) is 7.60. The van der Waals surface area contributed by atoms with Gasteiger partial charge in [-0.1, -0.05) is 18.2 Å². The monoisotopic (exact) mass is 316 g/mol. The lowest BCUT2D eigenvalue weighted by Gasteiger charge is -2.11. The van der Waals surface area contributed by atoms with Gasteiger partial charge in [0.1, 0.15) is 11.4 Å². The minimum Gasteiger partial charge on any atom is -0.352 e. The van der Waals surface area contributed by atoms with Gasteiger partial charge in [0, 0.05) is 19.3 Å². The van der Waals surface area contributed by atoms with E-state index in [1.165, 1.54) is 10.6 Å². The van der Waals surface area contributed by atoms with E-state index in [-0.39, 0.29) is 22.8 Å². The van der Waals surface area contributed by atoms with E-state index < -0.39 is 0 Å². The molecular weight excluding hydrogens is 295 g/mol. The summed E-state index contributed by atoms with van der Waals surface area (Å²) in [5.41, 5.74) is 2.19. The standard InChI is InChI=1S/C18H21FN2O2/c1-12-11-15(18(23)21(3)13(12)2)17(22)20-10-6-8-14-7-4-5-9-16(14)19/h4-5,7,9,11H,6,8,10H2,1-3H3,(H,20,22). The summed E-state index contributed by atoms with van der Waals surface area (Å²) in [4.78, 5) is 24.3. The van der Waals surface area contributed by atoms with Crippen molar-refractivity contribution in [3.63, 3.8) is 0 Å². The summed E-state index contributed by atoms with van der Waals surface area (Å²) in [6.45, 7) is 4.10. The number of halogens is 1. The van der Waals surface area contributed by atoms with Crippen LogP contribution in [0.1, 0.15) is 33.6 Å². The molecule has 1 heterocycles. The fraction of sp³-hybridized carbons (Fsp3) is 0.333. The van der Waals surface area contributed by atoms with E-state index in [0.717, 1.165) is 11.3 Å². The molecule has 0 fully saturated rings. The lowest BCUT2D eigenvalue weighted by atomic mass is 10.1. The third-order valence-electron chi connectivity index (χ3n) is 4.08. The van der Waals surface area contributed by atoms with Crippen LogP contribution >= 0.6 is 0 Å². The van der Waals surface area contributed by atoms with Crippen LogP contribution in [-0.4, -0.2) is 17.0 Å². The Labute approximate surface area is 135 Å². The van der Waals surface area contributed by atoms with Gasteiger partial charge < -0.3 is 9.88 Å². The Kier molecular flexibility index (Phi) is 5.32. The number of rotatable bonds is 5. The fourth-order valence-electron chi connectivity index (χ4n) is 2.42. The van der Waals surface area contributed by atoms with Crippen LogP contribution in [0, 0.1) is 19.7 Å². The van der Waals surface area contributed by atoms with Crippen molar-refractivity contribution >= 4 is 5.91 Å². The Morgan fingerprint density at radius 1 is 1.26 bits per heavy atom. The molecule has 0 radical (unpaired) electrons. The molecule has 1 N–H and O–H groups in total. The van der Waals surface area contributed by atoms with Crippen molar-refractivity contribution in [2.45, 2.75) is 26.7 Å². The van der Waals surface area contributed by atoms with Crippen LogP contribution in [0.2, 0.25) is 0 Å². The van der Waals surface area contributed by atoms with Crippen molar-refractivity contribution < 1.29 is 9.18 Å². The van der Waals surface area contributed by atoms with Crippen molar-refractivity contribution in [3.05, 3.63) is 68.9 Å². The SMILES string of the molecule is Cc1cc(C(=O)NCCCc2ccccc2F)c(=O)n(C)c1C. The lowest BCUT2D eigenvalue weighted by Crippen LogP contribution is -2.34. The summed E-state index contributed by atoms with van der Waals surface area (Å²) in [6.07, 6.45) is 1.15. The molecule has 5 heteroatoms. The number of nitrogens with one attached hydrogen (secondary N) is 1. The van der Waals surface area contributed by atoms with Crippen LogP contribution < -0.4 is 10.9 Å². The maximum Gasteiger partial charge on any atom is 0.263 e. The molecule has 2 aromatic rings. The summed E-state index contributed by atoms with van der Waals surface area (Å²) >= 11 is 0. The predicted molar refractivity (Wildman–Crippen MR) is 88.2 cm³/mol. The highest BCUT2D eigenvalue weighted by atomic mass is 19.1. The first-order valence-corrected chi connectivity index (χ1v) is 7.60. The molecule has 4 nitrogen and oxygen atoms in total. The maximum absolute atomic E-state index is 13.5. The van der Waals surface area contributed by atoms with Crippen LogP contribution in [0.25, 0.3) is 0 Å². The molecule has 0 atom stereocenters. The van der Waals surface area contributed by atoms with Gasteiger partial charge in [-0.2, -0.15) is 0 Å². The lowest BCUT2D eigenvalue weighted by molar-refractivity contribution is 0.0951. The molecule has 1 amide bonds. The van der Waals surface area contributed by atoms with Crippen molar-refractivity contribution in [1.82, 2.24) is 9.88 Å². The molecule has 1 aromatic carbocycles. The summed E-state index contributed by atoms with van der Waals surface area (Å²) in [7, 11) is 1.65. The van der Waals surface area contributed by atoms with Gasteiger partial charge in [0.15, 0.2) is 0 Å². The quantitative estimate of drug-likeness (QED) is 0.862. The third kappa shape index (κ3) is 3.86. The topological polar surface area (TPSA) is 51.1 Å². The van der Waals surface area contributed by atoms with Crippen LogP contribution in [0.5, 0.6) is 0 Å². The second-order valence-electron chi connectivity index (χ2n) is 5.64. The summed E-state index contributed by atoms with van der Waals surface area (Å²) < 4.78 is 15.0. The van der Waals surface area contributed by atoms with Gasteiger partial charge >= 0.3 is 0 Å². The van der Waals surface area contributed by atoms with Crippen LogP contribution in [0.15, 0.2) is 35.1 Å². The maximum atomic E-state index is 13.5. The normalized spacial score (nSPS) is 10.6. The zero-order valence-corrected chi connectivity index (χ0v) is 13.6. The molecule has 23 heavy (non-hydrogen) atoms. The van der Waals surface area contributed by atoms with Gasteiger partial charge in [-0.3, -0.25) is 9.59 Å². The smallest absolute Gasteiger partial charge is 0.263 e. The van der Waals surface area contributed by atoms with Gasteiger partial charge in [-0.05, 0) is 49.9 Å². The molecule has 0 spiro atoms. The Balaban J connectivity index is 1.96. The van der Waals surface area contributed by atoms with E-state index in [4.69, 9.17) is 0 Å². The molecule has 0 aliphatic heterocycles. The molecular formula is C18H21FN2O2. The molecule has 0 aliphatic rings. The number of aryl methyl sites for hydroxylation is 2. The molecule has 0 unspecified atom stereocenters. The van der Waals surface area contributed by atoms with Crippen molar-refractivity contribution in [3.8, 4) is 0 Å². The highest BCUT2D eigenvalue weighted by Crippen LogP contribution is 2.09. The van der Waals surface area contributed by atoms with Crippen molar-refractivity contribution in [1.29, 1.82) is 0 Å². The second-order valence-corrected chi connectivity index (χ2v) is 5.64. The fourth-order valence-corrected chi connectivity index (χ4v) is 2.42. The number of carbonyl (C=O) groups excluding carboxylic acids is 1. The number of aromatic nitrogens is 1. The van der Waals surface area contributed by atoms with Gasteiger partial charge in [-0.15, -0.1) is 0 Å². The molecule has 2 rings (SSSR count). The minimum absolute atomic E-state index is 0.140. The highest BCUT2D eigenvalue weighted by molar-refractivity contribution is 5.94. The molecule has 0 bridgehead atoms. The summed E-state index contributed by atoms with van der Waals surface area (Å²) in [6, 6.07) is 8.21. The third-order valence-corrected chi connectivity index (χ3v) is 4.08. The Hall–Kier alpha value is -2.43. The number of hydrogen-bond donors (Lipinski definition) is 1. The van der Waals surface area contributed by atoms with E-state index in [0.29, 0.717) is 24.9 Å². The van der Waals surface area contributed by atoms with Gasteiger partial charge in [0.05, 0.1) is 0 Å². The Morgan fingerprint density at radius 2 is 1.96 bits per heavy atom. The molecule has 0 saturated heterocycles. The van der Waals surface area contributed by atoms with Gasteiger partial charge in [0.25, 0.3) is 11.5 Å². The van der Waals surface area contributed by atoms with E-state index in [2.05, 4.69) is 5.32 Å². The van der Waals surface area contributed by atoms with Gasteiger partial charge in [-0.25, -0.2) is 4.39 Å². The molecule has 1 aromatic heterocycles. The largest absolute Gasteiger partial charge is 0.352 e. The summed E-state index contributed by atoms with van der Waals surface area (Å²) in [5.74, 6) is -0.621. The first kappa shape index (κ1) is 16.9. The highest BCUT2D eigenvalue weighted by Gasteiger charge is 2.13. The molecule has 0 aliphatic carbocycles. The number of benzene rings is 1. The van der Waals surface area contributed by atoms with Crippen molar-refractivity contribution in [2.24, 2.45) is 7.05 Å².